The lowest BCUT2D eigenvalue weighted by atomic mass is 10.1. The monoisotopic (exact) mass is 259 g/mol. The zero-order valence-electron chi connectivity index (χ0n) is 11.5. The lowest BCUT2D eigenvalue weighted by molar-refractivity contribution is -0.140. The molecule has 1 rings (SSSR count). The fraction of sp³-hybridized carbons (Fsp3) is 0.923. The summed E-state index contributed by atoms with van der Waals surface area (Å²) in [5.74, 6) is 0.0518. The van der Waals surface area contributed by atoms with E-state index in [-0.39, 0.29) is 18.6 Å². The molecule has 1 aliphatic heterocycles. The quantitative estimate of drug-likeness (QED) is 0.612. The van der Waals surface area contributed by atoms with Gasteiger partial charge in [-0.3, -0.25) is 4.79 Å². The Morgan fingerprint density at radius 2 is 2.00 bits per heavy atom. The fourth-order valence-corrected chi connectivity index (χ4v) is 2.05. The largest absolute Gasteiger partial charge is 0.379 e. The van der Waals surface area contributed by atoms with Gasteiger partial charge >= 0.3 is 0 Å². The van der Waals surface area contributed by atoms with Gasteiger partial charge in [-0.15, -0.1) is 0 Å². The van der Waals surface area contributed by atoms with Crippen molar-refractivity contribution in [2.45, 2.75) is 32.8 Å². The number of nitrogens with zero attached hydrogens (tertiary/aromatic N) is 1. The van der Waals surface area contributed by atoms with Gasteiger partial charge in [-0.2, -0.15) is 0 Å². The Labute approximate surface area is 109 Å². The lowest BCUT2D eigenvalue weighted by Crippen LogP contribution is -2.44. The standard InChI is InChI=1S/C13H25NO4/c1-3-16-8-9-17-11-13(15)14-7-5-6-12(10-14)18-4-2/h12H,3-11H2,1-2H3. The highest BCUT2D eigenvalue weighted by Gasteiger charge is 2.23. The molecule has 106 valence electrons. The third-order valence-corrected chi connectivity index (χ3v) is 2.93. The first kappa shape index (κ1) is 15.4. The van der Waals surface area contributed by atoms with Gasteiger partial charge in [-0.1, -0.05) is 0 Å². The predicted octanol–water partition coefficient (Wildman–Crippen LogP) is 1.07. The van der Waals surface area contributed by atoms with Gasteiger partial charge in [0.05, 0.1) is 19.3 Å². The smallest absolute Gasteiger partial charge is 0.248 e. The van der Waals surface area contributed by atoms with E-state index in [2.05, 4.69) is 0 Å². The van der Waals surface area contributed by atoms with E-state index in [1.165, 1.54) is 0 Å². The molecule has 1 aliphatic rings. The molecule has 0 N–H and O–H groups in total. The van der Waals surface area contributed by atoms with Crippen LogP contribution in [0.1, 0.15) is 26.7 Å². The summed E-state index contributed by atoms with van der Waals surface area (Å²) in [7, 11) is 0. The Hall–Kier alpha value is -0.650. The Bertz CT molecular complexity index is 233. The first-order valence-electron chi connectivity index (χ1n) is 6.82. The number of amides is 1. The minimum atomic E-state index is 0.0518. The zero-order chi connectivity index (χ0) is 13.2. The molecule has 1 atom stereocenters. The summed E-state index contributed by atoms with van der Waals surface area (Å²) in [4.78, 5) is 13.7. The lowest BCUT2D eigenvalue weighted by Gasteiger charge is -2.32. The highest BCUT2D eigenvalue weighted by Crippen LogP contribution is 2.13. The first-order chi connectivity index (χ1) is 8.77. The topological polar surface area (TPSA) is 48.0 Å². The summed E-state index contributed by atoms with van der Waals surface area (Å²) in [6.07, 6.45) is 2.24. The van der Waals surface area contributed by atoms with Crippen LogP contribution in [0.15, 0.2) is 0 Å². The van der Waals surface area contributed by atoms with E-state index in [0.29, 0.717) is 33.0 Å². The van der Waals surface area contributed by atoms with Crippen LogP contribution in [-0.2, 0) is 19.0 Å². The van der Waals surface area contributed by atoms with E-state index < -0.39 is 0 Å². The van der Waals surface area contributed by atoms with Crippen LogP contribution in [-0.4, -0.2) is 63.0 Å². The molecule has 1 heterocycles. The number of piperidine rings is 1. The molecule has 0 bridgehead atoms. The van der Waals surface area contributed by atoms with Crippen LogP contribution in [0.3, 0.4) is 0 Å². The molecule has 0 aromatic carbocycles. The predicted molar refractivity (Wildman–Crippen MR) is 68.5 cm³/mol. The van der Waals surface area contributed by atoms with Crippen molar-refractivity contribution >= 4 is 5.91 Å². The molecule has 18 heavy (non-hydrogen) atoms. The summed E-state index contributed by atoms with van der Waals surface area (Å²) >= 11 is 0. The summed E-state index contributed by atoms with van der Waals surface area (Å²) < 4.78 is 16.0. The maximum Gasteiger partial charge on any atom is 0.248 e. The summed E-state index contributed by atoms with van der Waals surface area (Å²) in [6.45, 7) is 7.99. The zero-order valence-corrected chi connectivity index (χ0v) is 11.5. The molecule has 1 fully saturated rings. The van der Waals surface area contributed by atoms with Crippen LogP contribution < -0.4 is 0 Å². The molecule has 0 aromatic heterocycles. The van der Waals surface area contributed by atoms with Crippen molar-refractivity contribution in [2.75, 3.05) is 46.1 Å². The van der Waals surface area contributed by atoms with Crippen LogP contribution >= 0.6 is 0 Å². The highest BCUT2D eigenvalue weighted by molar-refractivity contribution is 5.77. The molecule has 1 amide bonds. The number of ether oxygens (including phenoxy) is 3. The number of rotatable bonds is 8. The van der Waals surface area contributed by atoms with Crippen molar-refractivity contribution in [1.82, 2.24) is 4.90 Å². The average molecular weight is 259 g/mol. The third-order valence-electron chi connectivity index (χ3n) is 2.93. The highest BCUT2D eigenvalue weighted by atomic mass is 16.5. The van der Waals surface area contributed by atoms with Crippen LogP contribution in [0.4, 0.5) is 0 Å². The second-order valence-corrected chi connectivity index (χ2v) is 4.31. The summed E-state index contributed by atoms with van der Waals surface area (Å²) in [5.41, 5.74) is 0. The third kappa shape index (κ3) is 5.80. The molecular formula is C13H25NO4. The second kappa shape index (κ2) is 9.30. The summed E-state index contributed by atoms with van der Waals surface area (Å²) in [5, 5.41) is 0. The molecule has 1 unspecified atom stereocenters. The van der Waals surface area contributed by atoms with Crippen LogP contribution in [0, 0.1) is 0 Å². The first-order valence-corrected chi connectivity index (χ1v) is 6.82. The Morgan fingerprint density at radius 1 is 1.22 bits per heavy atom. The van der Waals surface area contributed by atoms with Gasteiger partial charge in [0.2, 0.25) is 5.91 Å². The molecule has 5 heteroatoms. The van der Waals surface area contributed by atoms with Gasteiger partial charge in [-0.05, 0) is 26.7 Å². The van der Waals surface area contributed by atoms with E-state index in [1.807, 2.05) is 18.7 Å². The van der Waals surface area contributed by atoms with E-state index in [1.54, 1.807) is 0 Å². The number of hydrogen-bond acceptors (Lipinski definition) is 4. The van der Waals surface area contributed by atoms with Gasteiger partial charge in [0.1, 0.15) is 6.61 Å². The maximum atomic E-state index is 11.9. The van der Waals surface area contributed by atoms with Crippen LogP contribution in [0.2, 0.25) is 0 Å². The second-order valence-electron chi connectivity index (χ2n) is 4.31. The van der Waals surface area contributed by atoms with Crippen molar-refractivity contribution in [3.63, 3.8) is 0 Å². The van der Waals surface area contributed by atoms with E-state index in [4.69, 9.17) is 14.2 Å². The minimum Gasteiger partial charge on any atom is -0.379 e. The molecule has 0 spiro atoms. The molecule has 1 saturated heterocycles. The van der Waals surface area contributed by atoms with Crippen LogP contribution in [0.25, 0.3) is 0 Å². The number of hydrogen-bond donors (Lipinski definition) is 0. The molecule has 0 aromatic rings. The van der Waals surface area contributed by atoms with Gasteiger partial charge < -0.3 is 19.1 Å². The minimum absolute atomic E-state index is 0.0518. The van der Waals surface area contributed by atoms with Crippen molar-refractivity contribution in [2.24, 2.45) is 0 Å². The van der Waals surface area contributed by atoms with Gasteiger partial charge in [-0.25, -0.2) is 0 Å². The molecule has 0 aliphatic carbocycles. The number of likely N-dealkylation sites (tertiary alicyclic amines) is 1. The normalized spacial score (nSPS) is 20.1. The Kier molecular flexibility index (Phi) is 7.96. The van der Waals surface area contributed by atoms with Crippen molar-refractivity contribution < 1.29 is 19.0 Å². The van der Waals surface area contributed by atoms with Crippen molar-refractivity contribution in [3.05, 3.63) is 0 Å². The van der Waals surface area contributed by atoms with Gasteiger partial charge in [0, 0.05) is 26.3 Å². The van der Waals surface area contributed by atoms with Crippen molar-refractivity contribution in [1.29, 1.82) is 0 Å². The molecule has 0 radical (unpaired) electrons. The van der Waals surface area contributed by atoms with Crippen LogP contribution in [0.5, 0.6) is 0 Å². The maximum absolute atomic E-state index is 11.9. The molecule has 0 saturated carbocycles. The Morgan fingerprint density at radius 3 is 2.72 bits per heavy atom. The number of carbonyl (C=O) groups is 1. The Balaban J connectivity index is 2.16. The average Bonchev–Trinajstić information content (AvgIpc) is 2.39. The number of carbonyl (C=O) groups excluding carboxylic acids is 1. The van der Waals surface area contributed by atoms with Crippen molar-refractivity contribution in [3.8, 4) is 0 Å². The van der Waals surface area contributed by atoms with E-state index in [9.17, 15) is 4.79 Å². The fourth-order valence-electron chi connectivity index (χ4n) is 2.05. The van der Waals surface area contributed by atoms with Gasteiger partial charge in [0.15, 0.2) is 0 Å². The van der Waals surface area contributed by atoms with E-state index >= 15 is 0 Å². The summed E-state index contributed by atoms with van der Waals surface area (Å²) in [6, 6.07) is 0. The van der Waals surface area contributed by atoms with Gasteiger partial charge in [0.25, 0.3) is 0 Å². The molecular weight excluding hydrogens is 234 g/mol. The SMILES string of the molecule is CCOCCOCC(=O)N1CCCC(OCC)C1. The molecule has 5 nitrogen and oxygen atoms in total. The van der Waals surface area contributed by atoms with E-state index in [0.717, 1.165) is 19.4 Å².